The lowest BCUT2D eigenvalue weighted by atomic mass is 9.95. The van der Waals surface area contributed by atoms with E-state index in [9.17, 15) is 0 Å². The number of fused-ring (bicyclic) bond motifs is 6. The first-order chi connectivity index (χ1) is 18.2. The Morgan fingerprint density at radius 2 is 1.16 bits per heavy atom. The van der Waals surface area contributed by atoms with Crippen molar-refractivity contribution in [3.8, 4) is 33.6 Å². The van der Waals surface area contributed by atoms with Crippen molar-refractivity contribution in [2.24, 2.45) is 0 Å². The molecule has 0 spiro atoms. The number of aryl methyl sites for hydroxylation is 2. The molecule has 0 radical (unpaired) electrons. The van der Waals surface area contributed by atoms with E-state index in [-0.39, 0.29) is 0 Å². The smallest absolute Gasteiger partial charge is 0.170 e. The van der Waals surface area contributed by atoms with Crippen molar-refractivity contribution < 1.29 is 0 Å². The zero-order chi connectivity index (χ0) is 24.9. The SMILES string of the molecule is Cc1ccccc1-c1cccc(-c2nnc3c4c(-c5ccccc5)cccc4c4cccc(C)c4n23)c1. The van der Waals surface area contributed by atoms with Gasteiger partial charge in [0.2, 0.25) is 0 Å². The van der Waals surface area contributed by atoms with E-state index < -0.39 is 0 Å². The fraction of sp³-hybridized carbons (Fsp3) is 0.0588. The third-order valence-corrected chi connectivity index (χ3v) is 7.36. The predicted molar refractivity (Wildman–Crippen MR) is 154 cm³/mol. The van der Waals surface area contributed by atoms with Crippen molar-refractivity contribution in [3.05, 3.63) is 126 Å². The first-order valence-electron chi connectivity index (χ1n) is 12.6. The van der Waals surface area contributed by atoms with Gasteiger partial charge >= 0.3 is 0 Å². The largest absolute Gasteiger partial charge is 0.274 e. The van der Waals surface area contributed by atoms with Gasteiger partial charge in [0.25, 0.3) is 0 Å². The molecule has 176 valence electrons. The van der Waals surface area contributed by atoms with Crippen LogP contribution in [0, 0.1) is 13.8 Å². The Bertz CT molecular complexity index is 1950. The van der Waals surface area contributed by atoms with Crippen LogP contribution in [0.25, 0.3) is 61.0 Å². The maximum absolute atomic E-state index is 4.83. The average Bonchev–Trinajstić information content (AvgIpc) is 3.39. The summed E-state index contributed by atoms with van der Waals surface area (Å²) in [6.45, 7) is 4.32. The van der Waals surface area contributed by atoms with Crippen LogP contribution in [0.15, 0.2) is 115 Å². The van der Waals surface area contributed by atoms with Crippen LogP contribution in [0.1, 0.15) is 11.1 Å². The number of pyridine rings is 1. The van der Waals surface area contributed by atoms with Gasteiger partial charge in [0, 0.05) is 16.3 Å². The molecule has 0 aliphatic carbocycles. The minimum absolute atomic E-state index is 0.856. The lowest BCUT2D eigenvalue weighted by Gasteiger charge is -2.15. The highest BCUT2D eigenvalue weighted by Gasteiger charge is 2.19. The molecule has 7 aromatic rings. The van der Waals surface area contributed by atoms with Gasteiger partial charge in [-0.2, -0.15) is 0 Å². The molecule has 0 aliphatic rings. The lowest BCUT2D eigenvalue weighted by Crippen LogP contribution is -1.97. The second-order valence-corrected chi connectivity index (χ2v) is 9.64. The summed E-state index contributed by atoms with van der Waals surface area (Å²) >= 11 is 0. The molecular weight excluding hydrogens is 450 g/mol. The number of hydrogen-bond acceptors (Lipinski definition) is 2. The minimum atomic E-state index is 0.856. The fourth-order valence-electron chi connectivity index (χ4n) is 5.62. The van der Waals surface area contributed by atoms with Crippen molar-refractivity contribution in [2.75, 3.05) is 0 Å². The van der Waals surface area contributed by atoms with E-state index in [1.165, 1.54) is 44.2 Å². The normalized spacial score (nSPS) is 11.5. The number of benzene rings is 5. The first-order valence-corrected chi connectivity index (χ1v) is 12.6. The second-order valence-electron chi connectivity index (χ2n) is 9.64. The Morgan fingerprint density at radius 1 is 0.514 bits per heavy atom. The second kappa shape index (κ2) is 8.42. The third-order valence-electron chi connectivity index (χ3n) is 7.36. The average molecular weight is 476 g/mol. The lowest BCUT2D eigenvalue weighted by molar-refractivity contribution is 1.12. The van der Waals surface area contributed by atoms with E-state index in [1.54, 1.807) is 0 Å². The quantitative estimate of drug-likeness (QED) is 0.239. The van der Waals surface area contributed by atoms with Gasteiger partial charge in [-0.3, -0.25) is 4.40 Å². The Labute approximate surface area is 215 Å². The highest BCUT2D eigenvalue weighted by Crippen LogP contribution is 2.39. The summed E-state index contributed by atoms with van der Waals surface area (Å²) in [5.74, 6) is 0.856. The van der Waals surface area contributed by atoms with Crippen molar-refractivity contribution in [1.82, 2.24) is 14.6 Å². The van der Waals surface area contributed by atoms with Crippen molar-refractivity contribution in [1.29, 1.82) is 0 Å². The van der Waals surface area contributed by atoms with Crippen LogP contribution in [0.5, 0.6) is 0 Å². The molecule has 2 heterocycles. The Balaban J connectivity index is 1.59. The minimum Gasteiger partial charge on any atom is -0.274 e. The summed E-state index contributed by atoms with van der Waals surface area (Å²) in [5.41, 5.74) is 10.3. The molecule has 0 bridgehead atoms. The van der Waals surface area contributed by atoms with Gasteiger partial charge in [-0.25, -0.2) is 0 Å². The zero-order valence-electron chi connectivity index (χ0n) is 20.8. The maximum atomic E-state index is 4.83. The van der Waals surface area contributed by atoms with Gasteiger partial charge in [0.1, 0.15) is 0 Å². The summed E-state index contributed by atoms with van der Waals surface area (Å²) in [7, 11) is 0. The molecule has 3 nitrogen and oxygen atoms in total. The maximum Gasteiger partial charge on any atom is 0.170 e. The van der Waals surface area contributed by atoms with Crippen molar-refractivity contribution >= 4 is 27.3 Å². The molecule has 0 saturated carbocycles. The molecule has 0 aliphatic heterocycles. The van der Waals surface area contributed by atoms with Gasteiger partial charge < -0.3 is 0 Å². The number of nitrogens with zero attached hydrogens (tertiary/aromatic N) is 3. The summed E-state index contributed by atoms with van der Waals surface area (Å²) in [6, 6.07) is 40.8. The predicted octanol–water partition coefficient (Wildman–Crippen LogP) is 8.65. The molecule has 37 heavy (non-hydrogen) atoms. The summed E-state index contributed by atoms with van der Waals surface area (Å²) in [6.07, 6.45) is 0. The van der Waals surface area contributed by atoms with Crippen LogP contribution in [0.4, 0.5) is 0 Å². The molecule has 0 N–H and O–H groups in total. The topological polar surface area (TPSA) is 30.2 Å². The van der Waals surface area contributed by atoms with Crippen LogP contribution in [0.2, 0.25) is 0 Å². The monoisotopic (exact) mass is 475 g/mol. The van der Waals surface area contributed by atoms with E-state index in [1.807, 2.05) is 0 Å². The summed E-state index contributed by atoms with van der Waals surface area (Å²) in [5, 5.41) is 13.2. The standard InChI is InChI=1S/C34H25N3/c1-22-11-6-7-17-27(22)25-15-9-16-26(21-25)33-35-36-34-31-28(24-13-4-3-5-14-24)18-10-19-29(31)30-20-8-12-23(2)32(30)37(33)34/h3-21H,1-2H3. The van der Waals surface area contributed by atoms with Crippen LogP contribution in [-0.4, -0.2) is 14.6 Å². The van der Waals surface area contributed by atoms with Gasteiger partial charge in [-0.15, -0.1) is 10.2 Å². The van der Waals surface area contributed by atoms with Crippen LogP contribution in [0.3, 0.4) is 0 Å². The molecular formula is C34H25N3. The molecule has 0 atom stereocenters. The molecule has 0 unspecified atom stereocenters. The zero-order valence-corrected chi connectivity index (χ0v) is 20.8. The molecule has 3 heteroatoms. The van der Waals surface area contributed by atoms with Crippen molar-refractivity contribution in [3.63, 3.8) is 0 Å². The van der Waals surface area contributed by atoms with E-state index in [4.69, 9.17) is 10.2 Å². The van der Waals surface area contributed by atoms with Crippen LogP contribution < -0.4 is 0 Å². The molecule has 7 rings (SSSR count). The number of aromatic nitrogens is 3. The Morgan fingerprint density at radius 3 is 2.03 bits per heavy atom. The van der Waals surface area contributed by atoms with Crippen LogP contribution >= 0.6 is 0 Å². The molecule has 0 amide bonds. The third kappa shape index (κ3) is 3.35. The van der Waals surface area contributed by atoms with Crippen molar-refractivity contribution in [2.45, 2.75) is 13.8 Å². The highest BCUT2D eigenvalue weighted by atomic mass is 15.2. The van der Waals surface area contributed by atoms with Crippen LogP contribution in [-0.2, 0) is 0 Å². The molecule has 0 saturated heterocycles. The molecule has 0 fully saturated rings. The Kier molecular flexibility index (Phi) is 4.90. The van der Waals surface area contributed by atoms with E-state index in [2.05, 4.69) is 134 Å². The van der Waals surface area contributed by atoms with E-state index >= 15 is 0 Å². The first kappa shape index (κ1) is 21.5. The number of rotatable bonds is 3. The Hall–Kier alpha value is -4.76. The van der Waals surface area contributed by atoms with Gasteiger partial charge in [-0.1, -0.05) is 109 Å². The molecule has 5 aromatic carbocycles. The number of hydrogen-bond donors (Lipinski definition) is 0. The fourth-order valence-corrected chi connectivity index (χ4v) is 5.62. The van der Waals surface area contributed by atoms with Gasteiger partial charge in [-0.05, 0) is 58.7 Å². The summed E-state index contributed by atoms with van der Waals surface area (Å²) < 4.78 is 2.26. The van der Waals surface area contributed by atoms with E-state index in [0.717, 1.165) is 27.9 Å². The highest BCUT2D eigenvalue weighted by molar-refractivity contribution is 6.17. The number of para-hydroxylation sites is 1. The van der Waals surface area contributed by atoms with Gasteiger partial charge in [0.05, 0.1) is 5.52 Å². The summed E-state index contributed by atoms with van der Waals surface area (Å²) in [4.78, 5) is 0. The van der Waals surface area contributed by atoms with E-state index in [0.29, 0.717) is 0 Å². The molecule has 2 aromatic heterocycles. The van der Waals surface area contributed by atoms with Gasteiger partial charge in [0.15, 0.2) is 11.5 Å².